The largest absolute Gasteiger partial charge is 0.303 e. The highest BCUT2D eigenvalue weighted by Crippen LogP contribution is 2.15. The maximum absolute atomic E-state index is 2.85. The van der Waals surface area contributed by atoms with Gasteiger partial charge < -0.3 is 4.90 Å². The lowest BCUT2D eigenvalue weighted by molar-refractivity contribution is 0.254. The van der Waals surface area contributed by atoms with E-state index in [9.17, 15) is 0 Å². The molecule has 1 heteroatoms. The van der Waals surface area contributed by atoms with Gasteiger partial charge in [-0.3, -0.25) is 0 Å². The van der Waals surface area contributed by atoms with Gasteiger partial charge in [0.05, 0.1) is 0 Å². The molecule has 0 heterocycles. The van der Waals surface area contributed by atoms with E-state index in [1.807, 2.05) is 0 Å². The van der Waals surface area contributed by atoms with Crippen LogP contribution in [-0.2, 0) is 0 Å². The quantitative estimate of drug-likeness (QED) is 0.0740. The summed E-state index contributed by atoms with van der Waals surface area (Å²) in [6.45, 7) is 11.0. The number of rotatable bonds is 34. The van der Waals surface area contributed by atoms with Gasteiger partial charge in [0.2, 0.25) is 0 Å². The van der Waals surface area contributed by atoms with Gasteiger partial charge in [-0.25, -0.2) is 0 Å². The van der Waals surface area contributed by atoms with Crippen LogP contribution >= 0.6 is 0 Å². The highest BCUT2D eigenvalue weighted by molar-refractivity contribution is 4.61. The van der Waals surface area contributed by atoms with Crippen molar-refractivity contribution in [2.75, 3.05) is 19.6 Å². The molecule has 0 saturated heterocycles. The molecule has 0 rings (SSSR count). The third-order valence-electron chi connectivity index (χ3n) is 8.73. The van der Waals surface area contributed by atoms with Crippen LogP contribution in [0.1, 0.15) is 220 Å². The molecule has 0 aromatic heterocycles. The smallest absolute Gasteiger partial charge is 0.00187 e. The van der Waals surface area contributed by atoms with Gasteiger partial charge in [-0.15, -0.1) is 0 Å². The van der Waals surface area contributed by atoms with Crippen molar-refractivity contribution in [1.82, 2.24) is 4.90 Å². The van der Waals surface area contributed by atoms with Crippen LogP contribution in [0.4, 0.5) is 0 Å². The summed E-state index contributed by atoms with van der Waals surface area (Å²) >= 11 is 0. The molecule has 0 bridgehead atoms. The fourth-order valence-corrected chi connectivity index (χ4v) is 5.98. The lowest BCUT2D eigenvalue weighted by Crippen LogP contribution is -2.27. The van der Waals surface area contributed by atoms with Crippen molar-refractivity contribution in [3.63, 3.8) is 0 Å². The molecule has 0 aliphatic rings. The highest BCUT2D eigenvalue weighted by atomic mass is 15.1. The van der Waals surface area contributed by atoms with E-state index >= 15 is 0 Å². The average Bonchev–Trinajstić information content (AvgIpc) is 2.93. The van der Waals surface area contributed by atoms with Crippen molar-refractivity contribution in [1.29, 1.82) is 0 Å². The molecule has 0 aromatic carbocycles. The summed E-state index contributed by atoms with van der Waals surface area (Å²) in [5.41, 5.74) is 0. The molecule has 0 amide bonds. The molecular formula is C37H77N. The normalized spacial score (nSPS) is 11.7. The van der Waals surface area contributed by atoms with Crippen molar-refractivity contribution in [2.24, 2.45) is 0 Å². The molecule has 0 radical (unpaired) electrons. The summed E-state index contributed by atoms with van der Waals surface area (Å²) in [7, 11) is 0. The summed E-state index contributed by atoms with van der Waals surface area (Å²) in [5, 5.41) is 0. The maximum atomic E-state index is 2.85. The molecule has 0 saturated carbocycles. The van der Waals surface area contributed by atoms with E-state index in [0.717, 1.165) is 0 Å². The molecule has 0 aliphatic carbocycles. The number of hydrogen-bond acceptors (Lipinski definition) is 1. The Morgan fingerprint density at radius 2 is 0.368 bits per heavy atom. The van der Waals surface area contributed by atoms with Crippen LogP contribution in [0.3, 0.4) is 0 Å². The first-order valence-electron chi connectivity index (χ1n) is 18.6. The van der Waals surface area contributed by atoms with Crippen LogP contribution < -0.4 is 0 Å². The fraction of sp³-hybridized carbons (Fsp3) is 1.00. The minimum Gasteiger partial charge on any atom is -0.303 e. The van der Waals surface area contributed by atoms with Gasteiger partial charge >= 0.3 is 0 Å². The van der Waals surface area contributed by atoms with Gasteiger partial charge in [-0.1, -0.05) is 201 Å². The van der Waals surface area contributed by atoms with Crippen LogP contribution in [0.25, 0.3) is 0 Å². The van der Waals surface area contributed by atoms with Crippen molar-refractivity contribution in [2.45, 2.75) is 220 Å². The minimum absolute atomic E-state index is 1.36. The van der Waals surface area contributed by atoms with Gasteiger partial charge in [-0.2, -0.15) is 0 Å². The zero-order valence-corrected chi connectivity index (χ0v) is 27.5. The Morgan fingerprint density at radius 3 is 0.553 bits per heavy atom. The molecule has 0 atom stereocenters. The van der Waals surface area contributed by atoms with Gasteiger partial charge in [0.25, 0.3) is 0 Å². The molecule has 0 aromatic rings. The second-order valence-corrected chi connectivity index (χ2v) is 12.7. The Labute approximate surface area is 244 Å². The summed E-state index contributed by atoms with van der Waals surface area (Å²) in [6, 6.07) is 0. The van der Waals surface area contributed by atoms with Crippen molar-refractivity contribution < 1.29 is 0 Å². The van der Waals surface area contributed by atoms with E-state index in [2.05, 4.69) is 25.7 Å². The van der Waals surface area contributed by atoms with Gasteiger partial charge in [0, 0.05) is 0 Å². The summed E-state index contributed by atoms with van der Waals surface area (Å²) < 4.78 is 0. The van der Waals surface area contributed by atoms with Crippen molar-refractivity contribution >= 4 is 0 Å². The molecule has 0 unspecified atom stereocenters. The molecule has 0 spiro atoms. The second-order valence-electron chi connectivity index (χ2n) is 12.7. The van der Waals surface area contributed by atoms with Crippen LogP contribution in [0.5, 0.6) is 0 Å². The van der Waals surface area contributed by atoms with Crippen LogP contribution in [0.15, 0.2) is 0 Å². The van der Waals surface area contributed by atoms with Crippen molar-refractivity contribution in [3.05, 3.63) is 0 Å². The monoisotopic (exact) mass is 536 g/mol. The van der Waals surface area contributed by atoms with E-state index < -0.39 is 0 Å². The Bertz CT molecular complexity index is 364. The third kappa shape index (κ3) is 32.2. The topological polar surface area (TPSA) is 3.24 Å². The van der Waals surface area contributed by atoms with Gasteiger partial charge in [0.1, 0.15) is 0 Å². The molecule has 0 N–H and O–H groups in total. The number of hydrogen-bond donors (Lipinski definition) is 0. The predicted octanol–water partition coefficient (Wildman–Crippen LogP) is 13.4. The SMILES string of the molecule is CCCCCCCCCCCCCCN(CCCCCCCCC)CCCCCCCCCCCCCC. The fourth-order valence-electron chi connectivity index (χ4n) is 5.98. The zero-order chi connectivity index (χ0) is 27.6. The molecule has 0 fully saturated rings. The maximum Gasteiger partial charge on any atom is -0.00187 e. The second kappa shape index (κ2) is 35.0. The first-order chi connectivity index (χ1) is 18.8. The van der Waals surface area contributed by atoms with Crippen molar-refractivity contribution in [3.8, 4) is 0 Å². The van der Waals surface area contributed by atoms with Crippen LogP contribution in [0.2, 0.25) is 0 Å². The first-order valence-corrected chi connectivity index (χ1v) is 18.6. The van der Waals surface area contributed by atoms with Crippen LogP contribution in [-0.4, -0.2) is 24.5 Å². The molecular weight excluding hydrogens is 458 g/mol. The third-order valence-corrected chi connectivity index (χ3v) is 8.73. The zero-order valence-electron chi connectivity index (χ0n) is 27.5. The molecule has 0 aliphatic heterocycles. The van der Waals surface area contributed by atoms with Gasteiger partial charge in [-0.05, 0) is 38.9 Å². The summed E-state index contributed by atoms with van der Waals surface area (Å²) in [4.78, 5) is 2.85. The lowest BCUT2D eigenvalue weighted by atomic mass is 10.0. The Kier molecular flexibility index (Phi) is 35.0. The molecule has 230 valence electrons. The lowest BCUT2D eigenvalue weighted by Gasteiger charge is -2.22. The van der Waals surface area contributed by atoms with Crippen LogP contribution in [0, 0.1) is 0 Å². The first kappa shape index (κ1) is 38.0. The standard InChI is InChI=1S/C37H77N/c1-4-7-10-13-16-18-20-22-24-27-30-33-36-38(35-32-29-26-15-12-9-6-3)37-34-31-28-25-23-21-19-17-14-11-8-5-2/h4-37H2,1-3H3. The van der Waals surface area contributed by atoms with E-state index in [4.69, 9.17) is 0 Å². The van der Waals surface area contributed by atoms with E-state index in [1.165, 1.54) is 219 Å². The Balaban J connectivity index is 3.81. The highest BCUT2D eigenvalue weighted by Gasteiger charge is 2.05. The Morgan fingerprint density at radius 1 is 0.211 bits per heavy atom. The molecule has 38 heavy (non-hydrogen) atoms. The minimum atomic E-state index is 1.36. The molecule has 1 nitrogen and oxygen atoms in total. The Hall–Kier alpha value is -0.0400. The number of unbranched alkanes of at least 4 members (excludes halogenated alkanes) is 28. The van der Waals surface area contributed by atoms with Gasteiger partial charge in [0.15, 0.2) is 0 Å². The summed E-state index contributed by atoms with van der Waals surface area (Å²) in [6.07, 6.45) is 45.1. The van der Waals surface area contributed by atoms with E-state index in [0.29, 0.717) is 0 Å². The average molecular weight is 536 g/mol. The number of nitrogens with zero attached hydrogens (tertiary/aromatic N) is 1. The van der Waals surface area contributed by atoms with E-state index in [1.54, 1.807) is 0 Å². The van der Waals surface area contributed by atoms with E-state index in [-0.39, 0.29) is 0 Å². The predicted molar refractivity (Wildman–Crippen MR) is 177 cm³/mol. The summed E-state index contributed by atoms with van der Waals surface area (Å²) in [5.74, 6) is 0.